The Labute approximate surface area is 125 Å². The molecule has 1 aromatic rings. The Morgan fingerprint density at radius 2 is 2.32 bits per heavy atom. The Morgan fingerprint density at radius 3 is 3.05 bits per heavy atom. The van der Waals surface area contributed by atoms with E-state index in [2.05, 4.69) is 64.3 Å². The average Bonchev–Trinajstić information content (AvgIpc) is 2.87. The summed E-state index contributed by atoms with van der Waals surface area (Å²) in [6.45, 7) is 9.33. The van der Waals surface area contributed by atoms with Crippen LogP contribution in [0.5, 0.6) is 0 Å². The van der Waals surface area contributed by atoms with Gasteiger partial charge in [0.15, 0.2) is 0 Å². The molecule has 0 aromatic heterocycles. The molecule has 1 saturated heterocycles. The van der Waals surface area contributed by atoms with Crippen LogP contribution in [-0.4, -0.2) is 31.1 Å². The second-order valence-electron chi connectivity index (χ2n) is 5.58. The molecule has 0 spiro atoms. The van der Waals surface area contributed by atoms with Crippen molar-refractivity contribution in [3.05, 3.63) is 34.3 Å². The highest BCUT2D eigenvalue weighted by atomic mass is 79.9. The van der Waals surface area contributed by atoms with Crippen molar-refractivity contribution in [3.8, 4) is 0 Å². The van der Waals surface area contributed by atoms with Gasteiger partial charge in [-0.2, -0.15) is 0 Å². The van der Waals surface area contributed by atoms with Crippen molar-refractivity contribution in [1.82, 2.24) is 10.2 Å². The second-order valence-corrected chi connectivity index (χ2v) is 6.50. The summed E-state index contributed by atoms with van der Waals surface area (Å²) in [6.07, 6.45) is 2.56. The third-order valence-electron chi connectivity index (χ3n) is 4.06. The van der Waals surface area contributed by atoms with Crippen LogP contribution >= 0.6 is 15.9 Å². The van der Waals surface area contributed by atoms with Crippen LogP contribution in [0, 0.1) is 5.92 Å². The highest BCUT2D eigenvalue weighted by Gasteiger charge is 2.26. The first-order valence-electron chi connectivity index (χ1n) is 7.41. The van der Waals surface area contributed by atoms with Gasteiger partial charge in [0.2, 0.25) is 0 Å². The van der Waals surface area contributed by atoms with Gasteiger partial charge in [0.25, 0.3) is 0 Å². The molecule has 2 rings (SSSR count). The van der Waals surface area contributed by atoms with Gasteiger partial charge in [-0.05, 0) is 63.0 Å². The van der Waals surface area contributed by atoms with Gasteiger partial charge in [0.05, 0.1) is 0 Å². The van der Waals surface area contributed by atoms with E-state index in [0.717, 1.165) is 12.5 Å². The Kier molecular flexibility index (Phi) is 5.86. The number of halogens is 1. The summed E-state index contributed by atoms with van der Waals surface area (Å²) in [5, 5.41) is 3.55. The number of nitrogens with zero attached hydrogens (tertiary/aromatic N) is 1. The number of nitrogens with one attached hydrogen (secondary N) is 1. The van der Waals surface area contributed by atoms with Gasteiger partial charge < -0.3 is 5.32 Å². The first kappa shape index (κ1) is 15.0. The molecule has 1 aliphatic heterocycles. The maximum Gasteiger partial charge on any atom is 0.0320 e. The van der Waals surface area contributed by atoms with Crippen molar-refractivity contribution < 1.29 is 0 Å². The van der Waals surface area contributed by atoms with E-state index in [9.17, 15) is 0 Å². The van der Waals surface area contributed by atoms with E-state index in [4.69, 9.17) is 0 Å². The van der Waals surface area contributed by atoms with Crippen LogP contribution in [0.25, 0.3) is 0 Å². The summed E-state index contributed by atoms with van der Waals surface area (Å²) in [5.74, 6) is 0.821. The van der Waals surface area contributed by atoms with E-state index in [1.165, 1.54) is 42.5 Å². The van der Waals surface area contributed by atoms with Gasteiger partial charge in [-0.15, -0.1) is 0 Å². The van der Waals surface area contributed by atoms with Crippen LogP contribution in [0.1, 0.15) is 38.3 Å². The SMILES string of the molecule is CCCNCC1CCN(C(C)c2cccc(Br)c2)C1. The largest absolute Gasteiger partial charge is 0.316 e. The molecule has 1 fully saturated rings. The maximum absolute atomic E-state index is 3.56. The van der Waals surface area contributed by atoms with Crippen LogP contribution in [0.4, 0.5) is 0 Å². The lowest BCUT2D eigenvalue weighted by Crippen LogP contribution is -2.28. The van der Waals surface area contributed by atoms with E-state index >= 15 is 0 Å². The van der Waals surface area contributed by atoms with Crippen molar-refractivity contribution >= 4 is 15.9 Å². The highest BCUT2D eigenvalue weighted by molar-refractivity contribution is 9.10. The van der Waals surface area contributed by atoms with E-state index in [1.54, 1.807) is 0 Å². The lowest BCUT2D eigenvalue weighted by Gasteiger charge is -2.25. The Balaban J connectivity index is 1.86. The first-order valence-corrected chi connectivity index (χ1v) is 8.20. The Morgan fingerprint density at radius 1 is 1.47 bits per heavy atom. The van der Waals surface area contributed by atoms with Crippen molar-refractivity contribution in [1.29, 1.82) is 0 Å². The number of likely N-dealkylation sites (tertiary alicyclic amines) is 1. The molecule has 0 saturated carbocycles. The number of rotatable bonds is 6. The van der Waals surface area contributed by atoms with Gasteiger partial charge in [-0.3, -0.25) is 4.90 Å². The molecule has 0 amide bonds. The Bertz CT molecular complexity index is 394. The second kappa shape index (κ2) is 7.41. The lowest BCUT2D eigenvalue weighted by molar-refractivity contribution is 0.251. The van der Waals surface area contributed by atoms with Crippen molar-refractivity contribution in [2.75, 3.05) is 26.2 Å². The fourth-order valence-electron chi connectivity index (χ4n) is 2.84. The topological polar surface area (TPSA) is 15.3 Å². The number of hydrogen-bond donors (Lipinski definition) is 1. The Hall–Kier alpha value is -0.380. The smallest absolute Gasteiger partial charge is 0.0320 e. The number of benzene rings is 1. The quantitative estimate of drug-likeness (QED) is 0.800. The summed E-state index contributed by atoms with van der Waals surface area (Å²) >= 11 is 3.56. The van der Waals surface area contributed by atoms with E-state index in [0.29, 0.717) is 6.04 Å². The van der Waals surface area contributed by atoms with Gasteiger partial charge in [-0.25, -0.2) is 0 Å². The fraction of sp³-hybridized carbons (Fsp3) is 0.625. The molecule has 0 bridgehead atoms. The molecular weight excluding hydrogens is 300 g/mol. The zero-order valence-electron chi connectivity index (χ0n) is 12.0. The van der Waals surface area contributed by atoms with Crippen LogP contribution in [-0.2, 0) is 0 Å². The van der Waals surface area contributed by atoms with Gasteiger partial charge in [0, 0.05) is 17.1 Å². The van der Waals surface area contributed by atoms with Gasteiger partial charge in [-0.1, -0.05) is 35.0 Å². The fourth-order valence-corrected chi connectivity index (χ4v) is 3.26. The van der Waals surface area contributed by atoms with Crippen LogP contribution in [0.2, 0.25) is 0 Å². The number of hydrogen-bond acceptors (Lipinski definition) is 2. The minimum atomic E-state index is 0.522. The standard InChI is InChI=1S/C16H25BrN2/c1-3-8-18-11-14-7-9-19(12-14)13(2)15-5-4-6-16(17)10-15/h4-6,10,13-14,18H,3,7-9,11-12H2,1-2H3. The minimum Gasteiger partial charge on any atom is -0.316 e. The van der Waals surface area contributed by atoms with Crippen molar-refractivity contribution in [3.63, 3.8) is 0 Å². The van der Waals surface area contributed by atoms with E-state index in [1.807, 2.05) is 0 Å². The molecule has 1 heterocycles. The van der Waals surface area contributed by atoms with Crippen LogP contribution < -0.4 is 5.32 Å². The summed E-state index contributed by atoms with van der Waals surface area (Å²) in [4.78, 5) is 2.61. The van der Waals surface area contributed by atoms with Crippen LogP contribution in [0.3, 0.4) is 0 Å². The molecule has 1 aromatic carbocycles. The van der Waals surface area contributed by atoms with Gasteiger partial charge >= 0.3 is 0 Å². The lowest BCUT2D eigenvalue weighted by atomic mass is 10.1. The predicted octanol–water partition coefficient (Wildman–Crippen LogP) is 3.83. The van der Waals surface area contributed by atoms with Crippen molar-refractivity contribution in [2.45, 2.75) is 32.7 Å². The molecular formula is C16H25BrN2. The van der Waals surface area contributed by atoms with Crippen molar-refractivity contribution in [2.24, 2.45) is 5.92 Å². The summed E-state index contributed by atoms with van der Waals surface area (Å²) in [5.41, 5.74) is 1.41. The molecule has 3 heteroatoms. The third-order valence-corrected chi connectivity index (χ3v) is 4.55. The third kappa shape index (κ3) is 4.30. The van der Waals surface area contributed by atoms with Crippen LogP contribution in [0.15, 0.2) is 28.7 Å². The summed E-state index contributed by atoms with van der Waals surface area (Å²) in [6, 6.07) is 9.23. The molecule has 2 unspecified atom stereocenters. The monoisotopic (exact) mass is 324 g/mol. The maximum atomic E-state index is 3.56. The molecule has 0 radical (unpaired) electrons. The highest BCUT2D eigenvalue weighted by Crippen LogP contribution is 2.28. The molecule has 106 valence electrons. The average molecular weight is 325 g/mol. The molecule has 2 atom stereocenters. The zero-order valence-corrected chi connectivity index (χ0v) is 13.6. The van der Waals surface area contributed by atoms with Gasteiger partial charge in [0.1, 0.15) is 0 Å². The molecule has 1 aliphatic rings. The molecule has 2 nitrogen and oxygen atoms in total. The summed E-state index contributed by atoms with van der Waals surface area (Å²) in [7, 11) is 0. The predicted molar refractivity (Wildman–Crippen MR) is 85.4 cm³/mol. The zero-order chi connectivity index (χ0) is 13.7. The normalized spacial score (nSPS) is 21.7. The van der Waals surface area contributed by atoms with E-state index < -0.39 is 0 Å². The first-order chi connectivity index (χ1) is 9.20. The molecule has 19 heavy (non-hydrogen) atoms. The summed E-state index contributed by atoms with van der Waals surface area (Å²) < 4.78 is 1.18. The minimum absolute atomic E-state index is 0.522. The molecule has 0 aliphatic carbocycles. The molecule has 1 N–H and O–H groups in total. The van der Waals surface area contributed by atoms with E-state index in [-0.39, 0.29) is 0 Å².